The molecule has 1 aromatic carbocycles. The lowest BCUT2D eigenvalue weighted by Gasteiger charge is -2.16. The standard InChI is InChI=1S/C20H25ClN4O2/c1-4-10-27-19-16(21)11-15(12-17(19)26-5-2)13-22-14(3)20-24-23-18-8-6-7-9-25(18)20/h6-9,11-12,14,22H,4-5,10,13H2,1-3H3. The first-order valence-corrected chi connectivity index (χ1v) is 9.62. The minimum absolute atomic E-state index is 0.0211. The minimum Gasteiger partial charge on any atom is -0.490 e. The second-order valence-electron chi connectivity index (χ2n) is 6.28. The highest BCUT2D eigenvalue weighted by molar-refractivity contribution is 6.32. The maximum Gasteiger partial charge on any atom is 0.179 e. The van der Waals surface area contributed by atoms with E-state index in [4.69, 9.17) is 21.1 Å². The zero-order valence-corrected chi connectivity index (χ0v) is 16.7. The Bertz CT molecular complexity index is 897. The second-order valence-corrected chi connectivity index (χ2v) is 6.68. The van der Waals surface area contributed by atoms with E-state index in [-0.39, 0.29) is 6.04 Å². The third kappa shape index (κ3) is 4.51. The van der Waals surface area contributed by atoms with Crippen molar-refractivity contribution in [3.63, 3.8) is 0 Å². The van der Waals surface area contributed by atoms with Crippen molar-refractivity contribution in [3.8, 4) is 11.5 Å². The average molecular weight is 389 g/mol. The number of nitrogens with one attached hydrogen (secondary N) is 1. The Kier molecular flexibility index (Phi) is 6.53. The Morgan fingerprint density at radius 3 is 2.81 bits per heavy atom. The average Bonchev–Trinajstić information content (AvgIpc) is 3.10. The summed E-state index contributed by atoms with van der Waals surface area (Å²) in [4.78, 5) is 0. The predicted molar refractivity (Wildman–Crippen MR) is 107 cm³/mol. The van der Waals surface area contributed by atoms with Gasteiger partial charge in [0.25, 0.3) is 0 Å². The van der Waals surface area contributed by atoms with E-state index < -0.39 is 0 Å². The summed E-state index contributed by atoms with van der Waals surface area (Å²) in [6.07, 6.45) is 2.88. The first-order valence-electron chi connectivity index (χ1n) is 9.25. The molecule has 0 saturated carbocycles. The van der Waals surface area contributed by atoms with Crippen molar-refractivity contribution in [2.75, 3.05) is 13.2 Å². The van der Waals surface area contributed by atoms with Gasteiger partial charge in [0.15, 0.2) is 23.0 Å². The largest absolute Gasteiger partial charge is 0.490 e. The number of aromatic nitrogens is 3. The lowest BCUT2D eigenvalue weighted by Crippen LogP contribution is -2.20. The van der Waals surface area contributed by atoms with Crippen molar-refractivity contribution in [1.82, 2.24) is 19.9 Å². The van der Waals surface area contributed by atoms with Crippen LogP contribution in [0.2, 0.25) is 5.02 Å². The molecule has 2 aromatic heterocycles. The fourth-order valence-corrected chi connectivity index (χ4v) is 3.14. The minimum atomic E-state index is 0.0211. The first-order chi connectivity index (χ1) is 13.1. The van der Waals surface area contributed by atoms with Crippen LogP contribution in [0.25, 0.3) is 5.65 Å². The third-order valence-corrected chi connectivity index (χ3v) is 4.44. The van der Waals surface area contributed by atoms with Crippen LogP contribution in [-0.2, 0) is 6.54 Å². The number of halogens is 1. The van der Waals surface area contributed by atoms with Crippen LogP contribution in [0.15, 0.2) is 36.5 Å². The third-order valence-electron chi connectivity index (χ3n) is 4.16. The summed E-state index contributed by atoms with van der Waals surface area (Å²) >= 11 is 6.44. The molecule has 3 rings (SSSR count). The van der Waals surface area contributed by atoms with Gasteiger partial charge in [-0.15, -0.1) is 10.2 Å². The quantitative estimate of drug-likeness (QED) is 0.588. The zero-order chi connectivity index (χ0) is 19.2. The van der Waals surface area contributed by atoms with Gasteiger partial charge in [-0.2, -0.15) is 0 Å². The van der Waals surface area contributed by atoms with E-state index in [2.05, 4.69) is 29.4 Å². The monoisotopic (exact) mass is 388 g/mol. The van der Waals surface area contributed by atoms with E-state index in [9.17, 15) is 0 Å². The van der Waals surface area contributed by atoms with E-state index in [1.165, 1.54) is 0 Å². The van der Waals surface area contributed by atoms with Crippen LogP contribution in [0.4, 0.5) is 0 Å². The molecule has 144 valence electrons. The summed E-state index contributed by atoms with van der Waals surface area (Å²) in [5.74, 6) is 2.15. The Labute approximate surface area is 164 Å². The molecule has 27 heavy (non-hydrogen) atoms. The summed E-state index contributed by atoms with van der Waals surface area (Å²) in [6, 6.07) is 9.76. The number of pyridine rings is 1. The Morgan fingerprint density at radius 1 is 1.19 bits per heavy atom. The van der Waals surface area contributed by atoms with Gasteiger partial charge in [-0.25, -0.2) is 0 Å². The summed E-state index contributed by atoms with van der Waals surface area (Å²) in [6.45, 7) is 7.85. The topological polar surface area (TPSA) is 60.7 Å². The predicted octanol–water partition coefficient (Wildman–Crippen LogP) is 4.42. The van der Waals surface area contributed by atoms with Crippen LogP contribution >= 0.6 is 11.6 Å². The molecule has 7 heteroatoms. The molecule has 0 aliphatic carbocycles. The smallest absolute Gasteiger partial charge is 0.179 e. The van der Waals surface area contributed by atoms with E-state index in [0.29, 0.717) is 36.3 Å². The Hall–Kier alpha value is -2.31. The van der Waals surface area contributed by atoms with Crippen LogP contribution in [0.3, 0.4) is 0 Å². The molecule has 1 atom stereocenters. The van der Waals surface area contributed by atoms with Gasteiger partial charge in [0.2, 0.25) is 0 Å². The van der Waals surface area contributed by atoms with Crippen molar-refractivity contribution in [2.45, 2.75) is 39.8 Å². The molecule has 0 saturated heterocycles. The van der Waals surface area contributed by atoms with Crippen LogP contribution < -0.4 is 14.8 Å². The molecule has 0 aliphatic rings. The fourth-order valence-electron chi connectivity index (χ4n) is 2.85. The molecule has 0 amide bonds. The molecule has 1 N–H and O–H groups in total. The van der Waals surface area contributed by atoms with Crippen molar-refractivity contribution in [2.24, 2.45) is 0 Å². The summed E-state index contributed by atoms with van der Waals surface area (Å²) in [5, 5.41) is 12.5. The van der Waals surface area contributed by atoms with Gasteiger partial charge < -0.3 is 14.8 Å². The molecular weight excluding hydrogens is 364 g/mol. The van der Waals surface area contributed by atoms with Gasteiger partial charge in [0, 0.05) is 12.7 Å². The van der Waals surface area contributed by atoms with Crippen LogP contribution in [0.5, 0.6) is 11.5 Å². The van der Waals surface area contributed by atoms with Crippen molar-refractivity contribution in [1.29, 1.82) is 0 Å². The zero-order valence-electron chi connectivity index (χ0n) is 15.9. The van der Waals surface area contributed by atoms with Gasteiger partial charge in [-0.1, -0.05) is 24.6 Å². The molecule has 0 fully saturated rings. The van der Waals surface area contributed by atoms with E-state index in [1.54, 1.807) is 0 Å². The number of rotatable bonds is 9. The summed E-state index contributed by atoms with van der Waals surface area (Å²) in [5.41, 5.74) is 1.85. The highest BCUT2D eigenvalue weighted by Gasteiger charge is 2.15. The molecule has 3 aromatic rings. The summed E-state index contributed by atoms with van der Waals surface area (Å²) < 4.78 is 13.5. The van der Waals surface area contributed by atoms with Gasteiger partial charge in [0.05, 0.1) is 24.3 Å². The molecule has 0 aliphatic heterocycles. The maximum atomic E-state index is 6.44. The molecular formula is C20H25ClN4O2. The number of ether oxygens (including phenoxy) is 2. The van der Waals surface area contributed by atoms with Crippen LogP contribution in [-0.4, -0.2) is 27.8 Å². The lowest BCUT2D eigenvalue weighted by atomic mass is 10.2. The molecule has 6 nitrogen and oxygen atoms in total. The molecule has 2 heterocycles. The number of hydrogen-bond acceptors (Lipinski definition) is 5. The highest BCUT2D eigenvalue weighted by atomic mass is 35.5. The van der Waals surface area contributed by atoms with E-state index >= 15 is 0 Å². The fraction of sp³-hybridized carbons (Fsp3) is 0.400. The number of benzene rings is 1. The van der Waals surface area contributed by atoms with Gasteiger partial charge in [-0.3, -0.25) is 4.40 Å². The van der Waals surface area contributed by atoms with E-state index in [0.717, 1.165) is 23.5 Å². The van der Waals surface area contributed by atoms with Crippen LogP contribution in [0.1, 0.15) is 44.6 Å². The Balaban J connectivity index is 1.75. The number of hydrogen-bond donors (Lipinski definition) is 1. The second kappa shape index (κ2) is 9.06. The van der Waals surface area contributed by atoms with Crippen molar-refractivity contribution >= 4 is 17.2 Å². The van der Waals surface area contributed by atoms with Crippen molar-refractivity contribution < 1.29 is 9.47 Å². The molecule has 0 bridgehead atoms. The normalized spacial score (nSPS) is 12.3. The molecule has 1 unspecified atom stereocenters. The lowest BCUT2D eigenvalue weighted by molar-refractivity contribution is 0.276. The van der Waals surface area contributed by atoms with Crippen molar-refractivity contribution in [3.05, 3.63) is 52.9 Å². The van der Waals surface area contributed by atoms with Crippen LogP contribution in [0, 0.1) is 0 Å². The molecule has 0 spiro atoms. The first kappa shape index (κ1) is 19.5. The number of nitrogens with zero attached hydrogens (tertiary/aromatic N) is 3. The Morgan fingerprint density at radius 2 is 2.04 bits per heavy atom. The SMILES string of the molecule is CCCOc1c(Cl)cc(CNC(C)c2nnc3ccccn23)cc1OCC. The number of fused-ring (bicyclic) bond motifs is 1. The van der Waals surface area contributed by atoms with Gasteiger partial charge in [-0.05, 0) is 50.1 Å². The van der Waals surface area contributed by atoms with Gasteiger partial charge >= 0.3 is 0 Å². The molecule has 0 radical (unpaired) electrons. The maximum absolute atomic E-state index is 6.44. The summed E-state index contributed by atoms with van der Waals surface area (Å²) in [7, 11) is 0. The van der Waals surface area contributed by atoms with Gasteiger partial charge in [0.1, 0.15) is 0 Å². The van der Waals surface area contributed by atoms with E-state index in [1.807, 2.05) is 47.9 Å². The highest BCUT2D eigenvalue weighted by Crippen LogP contribution is 2.37.